The van der Waals surface area contributed by atoms with Crippen molar-refractivity contribution in [1.29, 1.82) is 0 Å². The molecule has 0 saturated heterocycles. The van der Waals surface area contributed by atoms with Crippen LogP contribution in [0, 0.1) is 0 Å². The largest absolute Gasteiger partial charge is 0.461 e. The molecule has 0 radical (unpaired) electrons. The van der Waals surface area contributed by atoms with Crippen LogP contribution in [0.4, 0.5) is 13.2 Å². The van der Waals surface area contributed by atoms with Crippen molar-refractivity contribution in [3.63, 3.8) is 0 Å². The molecule has 0 saturated carbocycles. The summed E-state index contributed by atoms with van der Waals surface area (Å²) in [6, 6.07) is 8.05. The number of halogens is 3. The van der Waals surface area contributed by atoms with E-state index in [9.17, 15) is 18.0 Å². The molecule has 0 fully saturated rings. The summed E-state index contributed by atoms with van der Waals surface area (Å²) in [7, 11) is 0. The summed E-state index contributed by atoms with van der Waals surface area (Å²) in [4.78, 5) is 10.5. The molecule has 1 rings (SSSR count). The Labute approximate surface area is 96.7 Å². The van der Waals surface area contributed by atoms with Crippen LogP contribution in [0.2, 0.25) is 0 Å². The van der Waals surface area contributed by atoms with Crippen LogP contribution in [-0.4, -0.2) is 18.8 Å². The average Bonchev–Trinajstić information content (AvgIpc) is 2.23. The summed E-state index contributed by atoms with van der Waals surface area (Å²) in [6.07, 6.45) is -3.55. The molecule has 0 spiro atoms. The van der Waals surface area contributed by atoms with Crippen LogP contribution in [0.5, 0.6) is 0 Å². The average molecular weight is 244 g/mol. The highest BCUT2D eigenvalue weighted by Gasteiger charge is 2.34. The lowest BCUT2D eigenvalue weighted by Crippen LogP contribution is -2.18. The Hall–Kier alpha value is -1.78. The highest BCUT2D eigenvalue weighted by molar-refractivity contribution is 5.66. The Balaban J connectivity index is 2.91. The van der Waals surface area contributed by atoms with Crippen molar-refractivity contribution >= 4 is 12.0 Å². The first-order chi connectivity index (χ1) is 7.89. The Bertz CT molecular complexity index is 408. The number of alkyl halides is 3. The highest BCUT2D eigenvalue weighted by atomic mass is 19.4. The number of esters is 1. The first kappa shape index (κ1) is 13.3. The smallest absolute Gasteiger partial charge is 0.415 e. The standard InChI is InChI=1S/C12H11F3O2/c1-9(16)17-8-11(12(13,14)15)7-10-5-3-2-4-6-10/h2-7H,8H2,1H3/b11-7+. The van der Waals surface area contributed by atoms with Gasteiger partial charge in [0.1, 0.15) is 6.61 Å². The van der Waals surface area contributed by atoms with Crippen molar-refractivity contribution in [3.8, 4) is 0 Å². The summed E-state index contributed by atoms with van der Waals surface area (Å²) in [5.74, 6) is -0.742. The van der Waals surface area contributed by atoms with Gasteiger partial charge in [-0.25, -0.2) is 0 Å². The van der Waals surface area contributed by atoms with E-state index in [2.05, 4.69) is 4.74 Å². The molecule has 1 aromatic rings. The van der Waals surface area contributed by atoms with E-state index < -0.39 is 24.3 Å². The number of hydrogen-bond donors (Lipinski definition) is 0. The molecule has 92 valence electrons. The first-order valence-electron chi connectivity index (χ1n) is 4.86. The maximum absolute atomic E-state index is 12.6. The quantitative estimate of drug-likeness (QED) is 0.763. The van der Waals surface area contributed by atoms with E-state index in [1.165, 1.54) is 0 Å². The zero-order valence-corrected chi connectivity index (χ0v) is 9.12. The molecule has 17 heavy (non-hydrogen) atoms. The molecular formula is C12H11F3O2. The van der Waals surface area contributed by atoms with Crippen molar-refractivity contribution in [2.24, 2.45) is 0 Å². The van der Waals surface area contributed by atoms with E-state index in [4.69, 9.17) is 0 Å². The molecule has 0 bridgehead atoms. The summed E-state index contributed by atoms with van der Waals surface area (Å²) in [5, 5.41) is 0. The van der Waals surface area contributed by atoms with Crippen LogP contribution in [0.25, 0.3) is 6.08 Å². The third-order valence-electron chi connectivity index (χ3n) is 1.94. The van der Waals surface area contributed by atoms with Crippen molar-refractivity contribution in [2.45, 2.75) is 13.1 Å². The van der Waals surface area contributed by atoms with Gasteiger partial charge in [-0.05, 0) is 11.6 Å². The van der Waals surface area contributed by atoms with Gasteiger partial charge in [-0.1, -0.05) is 30.3 Å². The van der Waals surface area contributed by atoms with Gasteiger partial charge in [-0.3, -0.25) is 4.79 Å². The second kappa shape index (κ2) is 5.52. The van der Waals surface area contributed by atoms with Crippen molar-refractivity contribution in [1.82, 2.24) is 0 Å². The fourth-order valence-corrected chi connectivity index (χ4v) is 1.14. The van der Waals surface area contributed by atoms with Crippen LogP contribution in [0.1, 0.15) is 12.5 Å². The van der Waals surface area contributed by atoms with E-state index >= 15 is 0 Å². The van der Waals surface area contributed by atoms with Crippen LogP contribution in [0.15, 0.2) is 35.9 Å². The second-order valence-electron chi connectivity index (χ2n) is 3.36. The normalized spacial score (nSPS) is 12.4. The molecule has 0 aliphatic carbocycles. The van der Waals surface area contributed by atoms with Gasteiger partial charge in [0.05, 0.1) is 5.57 Å². The minimum Gasteiger partial charge on any atom is -0.461 e. The van der Waals surface area contributed by atoms with Crippen molar-refractivity contribution < 1.29 is 22.7 Å². The minimum absolute atomic E-state index is 0.409. The predicted molar refractivity (Wildman–Crippen MR) is 57.1 cm³/mol. The van der Waals surface area contributed by atoms with Gasteiger partial charge < -0.3 is 4.74 Å². The highest BCUT2D eigenvalue weighted by Crippen LogP contribution is 2.27. The van der Waals surface area contributed by atoms with Gasteiger partial charge in [-0.2, -0.15) is 13.2 Å². The third-order valence-corrected chi connectivity index (χ3v) is 1.94. The van der Waals surface area contributed by atoms with E-state index in [-0.39, 0.29) is 0 Å². The molecular weight excluding hydrogens is 233 g/mol. The summed E-state index contributed by atoms with van der Waals surface area (Å²) in [5.41, 5.74) is -0.481. The summed E-state index contributed by atoms with van der Waals surface area (Å²) >= 11 is 0. The van der Waals surface area contributed by atoms with E-state index in [0.717, 1.165) is 13.0 Å². The maximum Gasteiger partial charge on any atom is 0.415 e. The first-order valence-corrected chi connectivity index (χ1v) is 4.86. The number of carbonyl (C=O) groups is 1. The van der Waals surface area contributed by atoms with Gasteiger partial charge in [0.15, 0.2) is 0 Å². The van der Waals surface area contributed by atoms with Crippen LogP contribution < -0.4 is 0 Å². The molecule has 0 aliphatic rings. The molecule has 0 amide bonds. The number of benzene rings is 1. The maximum atomic E-state index is 12.6. The molecule has 2 nitrogen and oxygen atoms in total. The molecule has 0 aliphatic heterocycles. The zero-order chi connectivity index (χ0) is 12.9. The Kier molecular flexibility index (Phi) is 4.31. The molecule has 1 aromatic carbocycles. The van der Waals surface area contributed by atoms with Crippen LogP contribution >= 0.6 is 0 Å². The number of carbonyl (C=O) groups excluding carboxylic acids is 1. The van der Waals surface area contributed by atoms with Gasteiger partial charge in [0.2, 0.25) is 0 Å². The predicted octanol–water partition coefficient (Wildman–Crippen LogP) is 3.20. The number of rotatable bonds is 3. The molecule has 0 aromatic heterocycles. The van der Waals surface area contributed by atoms with E-state index in [1.54, 1.807) is 30.3 Å². The fraction of sp³-hybridized carbons (Fsp3) is 0.250. The van der Waals surface area contributed by atoms with Gasteiger partial charge in [-0.15, -0.1) is 0 Å². The Morgan fingerprint density at radius 2 is 1.88 bits per heavy atom. The number of ether oxygens (including phenoxy) is 1. The lowest BCUT2D eigenvalue weighted by atomic mass is 10.1. The topological polar surface area (TPSA) is 26.3 Å². The molecule has 0 N–H and O–H groups in total. The lowest BCUT2D eigenvalue weighted by Gasteiger charge is -2.11. The SMILES string of the molecule is CC(=O)OC/C(=C\c1ccccc1)C(F)(F)F. The Morgan fingerprint density at radius 1 is 1.29 bits per heavy atom. The van der Waals surface area contributed by atoms with E-state index in [1.807, 2.05) is 0 Å². The van der Waals surface area contributed by atoms with Gasteiger partial charge >= 0.3 is 12.1 Å². The monoisotopic (exact) mass is 244 g/mol. The van der Waals surface area contributed by atoms with Crippen LogP contribution in [0.3, 0.4) is 0 Å². The van der Waals surface area contributed by atoms with Crippen molar-refractivity contribution in [3.05, 3.63) is 41.5 Å². The number of hydrogen-bond acceptors (Lipinski definition) is 2. The summed E-state index contributed by atoms with van der Waals surface area (Å²) in [6.45, 7) is 0.296. The second-order valence-corrected chi connectivity index (χ2v) is 3.36. The third kappa shape index (κ3) is 4.72. The van der Waals surface area contributed by atoms with Gasteiger partial charge in [0, 0.05) is 6.92 Å². The molecule has 5 heteroatoms. The Morgan fingerprint density at radius 3 is 2.35 bits per heavy atom. The van der Waals surface area contributed by atoms with E-state index in [0.29, 0.717) is 5.56 Å². The van der Waals surface area contributed by atoms with Crippen molar-refractivity contribution in [2.75, 3.05) is 6.61 Å². The minimum atomic E-state index is -4.51. The zero-order valence-electron chi connectivity index (χ0n) is 9.12. The summed E-state index contributed by atoms with van der Waals surface area (Å²) < 4.78 is 42.2. The molecule has 0 unspecified atom stereocenters. The molecule has 0 heterocycles. The fourth-order valence-electron chi connectivity index (χ4n) is 1.14. The van der Waals surface area contributed by atoms with Crippen LogP contribution in [-0.2, 0) is 9.53 Å². The molecule has 0 atom stereocenters. The lowest BCUT2D eigenvalue weighted by molar-refractivity contribution is -0.143. The van der Waals surface area contributed by atoms with Gasteiger partial charge in [0.25, 0.3) is 0 Å².